The Morgan fingerprint density at radius 1 is 1.09 bits per heavy atom. The molecule has 0 aliphatic rings. The Morgan fingerprint density at radius 3 is 2.21 bits per heavy atom. The van der Waals surface area contributed by atoms with Gasteiger partial charge in [-0.3, -0.25) is 4.79 Å². The molecule has 6 heteroatoms. The molecule has 33 heavy (non-hydrogen) atoms. The quantitative estimate of drug-likeness (QED) is 0.385. The van der Waals surface area contributed by atoms with E-state index in [9.17, 15) is 14.7 Å². The fourth-order valence-corrected chi connectivity index (χ4v) is 3.10. The van der Waals surface area contributed by atoms with Crippen LogP contribution in [-0.2, 0) is 25.7 Å². The summed E-state index contributed by atoms with van der Waals surface area (Å²) in [6.07, 6.45) is 7.31. The van der Waals surface area contributed by atoms with Crippen molar-refractivity contribution in [1.29, 1.82) is 0 Å². The van der Waals surface area contributed by atoms with Crippen LogP contribution < -0.4 is 5.73 Å². The van der Waals surface area contributed by atoms with Gasteiger partial charge in [0.05, 0.1) is 6.61 Å². The van der Waals surface area contributed by atoms with Crippen molar-refractivity contribution in [2.45, 2.75) is 85.7 Å². The minimum absolute atomic E-state index is 0.00275. The highest BCUT2D eigenvalue weighted by atomic mass is 16.6. The highest BCUT2D eigenvalue weighted by Crippen LogP contribution is 2.22. The van der Waals surface area contributed by atoms with Gasteiger partial charge in [0.1, 0.15) is 17.7 Å². The number of hydrogen-bond acceptors (Lipinski definition) is 6. The monoisotopic (exact) mass is 459 g/mol. The zero-order chi connectivity index (χ0) is 25.2. The SMILES string of the molecule is C[C@H](C=Cc1ccc(CO)cc1)[C@H](CC=CC(=O)OC(C)(C)C)OC(=O)C(N)CC(C)(C)C. The highest BCUT2D eigenvalue weighted by molar-refractivity contribution is 5.82. The minimum atomic E-state index is -0.718. The molecule has 0 fully saturated rings. The van der Waals surface area contributed by atoms with Crippen molar-refractivity contribution >= 4 is 18.0 Å². The summed E-state index contributed by atoms with van der Waals surface area (Å²) in [5.41, 5.74) is 7.22. The van der Waals surface area contributed by atoms with Crippen LogP contribution in [-0.4, -0.2) is 34.8 Å². The Morgan fingerprint density at radius 2 is 1.70 bits per heavy atom. The normalized spacial score (nSPS) is 15.4. The first-order chi connectivity index (χ1) is 15.2. The van der Waals surface area contributed by atoms with Crippen molar-refractivity contribution in [3.05, 3.63) is 53.6 Å². The van der Waals surface area contributed by atoms with Crippen LogP contribution in [0.5, 0.6) is 0 Å². The Bertz CT molecular complexity index is 812. The van der Waals surface area contributed by atoms with E-state index in [1.54, 1.807) is 26.8 Å². The molecule has 0 radical (unpaired) electrons. The summed E-state index contributed by atoms with van der Waals surface area (Å²) >= 11 is 0. The molecule has 0 aromatic heterocycles. The smallest absolute Gasteiger partial charge is 0.330 e. The van der Waals surface area contributed by atoms with Crippen molar-refractivity contribution in [2.75, 3.05) is 0 Å². The van der Waals surface area contributed by atoms with Crippen LogP contribution >= 0.6 is 0 Å². The molecule has 1 unspecified atom stereocenters. The van der Waals surface area contributed by atoms with Gasteiger partial charge < -0.3 is 20.3 Å². The molecular weight excluding hydrogens is 418 g/mol. The van der Waals surface area contributed by atoms with Crippen LogP contribution in [0.3, 0.4) is 0 Å². The standard InChI is InChI=1S/C27H41NO5/c1-19(11-12-20-13-15-21(18-29)16-14-20)23(9-8-10-24(30)33-27(5,6)7)32-25(31)22(28)17-26(2,3)4/h8,10-16,19,22-23,29H,9,17-18,28H2,1-7H3/t19-,22?,23+/m1/s1. The average Bonchev–Trinajstić information content (AvgIpc) is 2.68. The van der Waals surface area contributed by atoms with E-state index in [0.29, 0.717) is 12.8 Å². The van der Waals surface area contributed by atoms with Gasteiger partial charge in [-0.25, -0.2) is 4.79 Å². The molecule has 1 aromatic carbocycles. The molecule has 0 amide bonds. The molecule has 0 spiro atoms. The Kier molecular flexibility index (Phi) is 11.0. The lowest BCUT2D eigenvalue weighted by Crippen LogP contribution is -2.39. The lowest BCUT2D eigenvalue weighted by atomic mass is 9.88. The van der Waals surface area contributed by atoms with Crippen LogP contribution in [0.1, 0.15) is 72.4 Å². The van der Waals surface area contributed by atoms with Gasteiger partial charge in [-0.15, -0.1) is 0 Å². The number of esters is 2. The maximum Gasteiger partial charge on any atom is 0.330 e. The van der Waals surface area contributed by atoms with E-state index in [4.69, 9.17) is 15.2 Å². The molecule has 0 saturated heterocycles. The maximum atomic E-state index is 12.7. The van der Waals surface area contributed by atoms with Crippen LogP contribution in [0, 0.1) is 11.3 Å². The third-order valence-electron chi connectivity index (χ3n) is 4.77. The predicted molar refractivity (Wildman–Crippen MR) is 132 cm³/mol. The maximum absolute atomic E-state index is 12.7. The van der Waals surface area contributed by atoms with Crippen LogP contribution in [0.15, 0.2) is 42.5 Å². The molecule has 0 aliphatic carbocycles. The number of ether oxygens (including phenoxy) is 2. The fourth-order valence-electron chi connectivity index (χ4n) is 3.10. The van der Waals surface area contributed by atoms with E-state index < -0.39 is 29.7 Å². The van der Waals surface area contributed by atoms with Gasteiger partial charge in [-0.2, -0.15) is 0 Å². The number of nitrogens with two attached hydrogens (primary N) is 1. The summed E-state index contributed by atoms with van der Waals surface area (Å²) in [5, 5.41) is 9.19. The van der Waals surface area contributed by atoms with Gasteiger partial charge in [-0.05, 0) is 43.7 Å². The Labute approximate surface area is 198 Å². The van der Waals surface area contributed by atoms with Crippen molar-refractivity contribution in [3.63, 3.8) is 0 Å². The van der Waals surface area contributed by atoms with Crippen LogP contribution in [0.4, 0.5) is 0 Å². The fraction of sp³-hybridized carbons (Fsp3) is 0.556. The van der Waals surface area contributed by atoms with E-state index in [1.165, 1.54) is 6.08 Å². The largest absolute Gasteiger partial charge is 0.460 e. The summed E-state index contributed by atoms with van der Waals surface area (Å²) in [4.78, 5) is 24.6. The van der Waals surface area contributed by atoms with E-state index in [2.05, 4.69) is 0 Å². The molecule has 0 heterocycles. The van der Waals surface area contributed by atoms with Gasteiger partial charge in [0.15, 0.2) is 0 Å². The van der Waals surface area contributed by atoms with Crippen LogP contribution in [0.2, 0.25) is 0 Å². The van der Waals surface area contributed by atoms with Crippen molar-refractivity contribution < 1.29 is 24.2 Å². The third-order valence-corrected chi connectivity index (χ3v) is 4.77. The molecule has 184 valence electrons. The van der Waals surface area contributed by atoms with E-state index >= 15 is 0 Å². The molecule has 0 aliphatic heterocycles. The first-order valence-corrected chi connectivity index (χ1v) is 11.4. The number of carbonyl (C=O) groups excluding carboxylic acids is 2. The lowest BCUT2D eigenvalue weighted by molar-refractivity contribution is -0.153. The number of rotatable bonds is 10. The molecule has 0 bridgehead atoms. The Balaban J connectivity index is 2.93. The Hall–Kier alpha value is -2.44. The van der Waals surface area contributed by atoms with Gasteiger partial charge in [-0.1, -0.05) is 70.2 Å². The summed E-state index contributed by atoms with van der Waals surface area (Å²) in [6.45, 7) is 13.4. The molecule has 0 saturated carbocycles. The van der Waals surface area contributed by atoms with Crippen LogP contribution in [0.25, 0.3) is 6.08 Å². The second-order valence-electron chi connectivity index (χ2n) is 10.6. The molecule has 1 aromatic rings. The second kappa shape index (κ2) is 12.7. The summed E-state index contributed by atoms with van der Waals surface area (Å²) in [5.74, 6) is -1.02. The summed E-state index contributed by atoms with van der Waals surface area (Å²) in [7, 11) is 0. The van der Waals surface area contributed by atoms with Gasteiger partial charge in [0, 0.05) is 18.4 Å². The number of hydrogen-bond donors (Lipinski definition) is 2. The number of aliphatic hydroxyl groups is 1. The molecule has 1 rings (SSSR count). The minimum Gasteiger partial charge on any atom is -0.460 e. The topological polar surface area (TPSA) is 98.9 Å². The first kappa shape index (κ1) is 28.6. The molecule has 3 N–H and O–H groups in total. The summed E-state index contributed by atoms with van der Waals surface area (Å²) in [6, 6.07) is 6.83. The number of carbonyl (C=O) groups is 2. The molecule has 3 atom stereocenters. The summed E-state index contributed by atoms with van der Waals surface area (Å²) < 4.78 is 11.1. The predicted octanol–water partition coefficient (Wildman–Crippen LogP) is 4.79. The molecule has 6 nitrogen and oxygen atoms in total. The van der Waals surface area contributed by atoms with Crippen molar-refractivity contribution in [1.82, 2.24) is 0 Å². The average molecular weight is 460 g/mol. The number of benzene rings is 1. The first-order valence-electron chi connectivity index (χ1n) is 11.4. The zero-order valence-electron chi connectivity index (χ0n) is 21.1. The molecular formula is C27H41NO5. The van der Waals surface area contributed by atoms with Gasteiger partial charge >= 0.3 is 11.9 Å². The zero-order valence-corrected chi connectivity index (χ0v) is 21.1. The number of aliphatic hydroxyl groups excluding tert-OH is 1. The van der Waals surface area contributed by atoms with Gasteiger partial charge in [0.25, 0.3) is 0 Å². The lowest BCUT2D eigenvalue weighted by Gasteiger charge is -2.26. The van der Waals surface area contributed by atoms with Crippen molar-refractivity contribution in [3.8, 4) is 0 Å². The van der Waals surface area contributed by atoms with E-state index in [1.807, 2.05) is 64.1 Å². The third kappa shape index (κ3) is 12.4. The van der Waals surface area contributed by atoms with E-state index in [0.717, 1.165) is 11.1 Å². The van der Waals surface area contributed by atoms with E-state index in [-0.39, 0.29) is 17.9 Å². The second-order valence-corrected chi connectivity index (χ2v) is 10.6. The highest BCUT2D eigenvalue weighted by Gasteiger charge is 2.26. The van der Waals surface area contributed by atoms with Gasteiger partial charge in [0.2, 0.25) is 0 Å². The van der Waals surface area contributed by atoms with Crippen molar-refractivity contribution in [2.24, 2.45) is 17.1 Å².